The molecular weight excluding hydrogens is 406 g/mol. The van der Waals surface area contributed by atoms with E-state index in [4.69, 9.17) is 0 Å². The summed E-state index contributed by atoms with van der Waals surface area (Å²) in [6.45, 7) is 6.99. The molecule has 0 saturated heterocycles. The van der Waals surface area contributed by atoms with Crippen molar-refractivity contribution in [3.8, 4) is 0 Å². The minimum atomic E-state index is -3.53. The van der Waals surface area contributed by atoms with Crippen LogP contribution in [-0.2, 0) is 16.6 Å². The summed E-state index contributed by atoms with van der Waals surface area (Å²) in [6.07, 6.45) is 0.928. The number of rotatable bonds is 5. The summed E-state index contributed by atoms with van der Waals surface area (Å²) in [6, 6.07) is 10.2. The van der Waals surface area contributed by atoms with E-state index in [-0.39, 0.29) is 10.8 Å². The second-order valence-corrected chi connectivity index (χ2v) is 10.3. The number of hydrogen-bond acceptors (Lipinski definition) is 4. The Bertz CT molecular complexity index is 1230. The third-order valence-electron chi connectivity index (χ3n) is 4.64. The summed E-state index contributed by atoms with van der Waals surface area (Å²) in [7, 11) is -0.582. The van der Waals surface area contributed by atoms with Crippen molar-refractivity contribution in [2.45, 2.75) is 38.6 Å². The van der Waals surface area contributed by atoms with E-state index < -0.39 is 10.0 Å². The van der Waals surface area contributed by atoms with Gasteiger partial charge in [0, 0.05) is 26.2 Å². The van der Waals surface area contributed by atoms with Gasteiger partial charge in [0.2, 0.25) is 10.0 Å². The molecule has 154 valence electrons. The highest BCUT2D eigenvalue weighted by Gasteiger charge is 2.17. The zero-order chi connectivity index (χ0) is 21.3. The predicted octanol–water partition coefficient (Wildman–Crippen LogP) is 3.72. The average molecular weight is 432 g/mol. The van der Waals surface area contributed by atoms with Crippen molar-refractivity contribution in [3.63, 3.8) is 0 Å². The van der Waals surface area contributed by atoms with Crippen molar-refractivity contribution < 1.29 is 13.2 Å². The van der Waals surface area contributed by atoms with Gasteiger partial charge in [-0.3, -0.25) is 4.79 Å². The number of thiazole rings is 1. The van der Waals surface area contributed by atoms with Crippen molar-refractivity contribution in [3.05, 3.63) is 57.9 Å². The fourth-order valence-corrected chi connectivity index (χ4v) is 5.18. The Balaban J connectivity index is 2.06. The molecule has 1 aromatic heterocycles. The van der Waals surface area contributed by atoms with Gasteiger partial charge in [0.05, 0.1) is 15.1 Å². The van der Waals surface area contributed by atoms with Crippen LogP contribution in [0.2, 0.25) is 0 Å². The molecule has 0 aliphatic heterocycles. The monoisotopic (exact) mass is 431 g/mol. The molecule has 6 nitrogen and oxygen atoms in total. The van der Waals surface area contributed by atoms with Crippen molar-refractivity contribution >= 4 is 37.5 Å². The zero-order valence-electron chi connectivity index (χ0n) is 17.3. The normalized spacial score (nSPS) is 12.8. The molecule has 0 spiro atoms. The molecule has 0 fully saturated rings. The SMILES string of the molecule is CCCn1c(=NC(=O)c2ccc(S(=O)(=O)N(C)C)cc2)sc2c(C)cc(C)cc21. The molecule has 2 aromatic carbocycles. The number of fused-ring (bicyclic) bond motifs is 1. The first-order valence-corrected chi connectivity index (χ1v) is 11.6. The Hall–Kier alpha value is -2.29. The lowest BCUT2D eigenvalue weighted by Crippen LogP contribution is -2.22. The van der Waals surface area contributed by atoms with Gasteiger partial charge in [-0.15, -0.1) is 0 Å². The van der Waals surface area contributed by atoms with Crippen molar-refractivity contribution in [2.24, 2.45) is 4.99 Å². The predicted molar refractivity (Wildman–Crippen MR) is 117 cm³/mol. The number of nitrogens with zero attached hydrogens (tertiary/aromatic N) is 3. The topological polar surface area (TPSA) is 71.7 Å². The van der Waals surface area contributed by atoms with Crippen molar-refractivity contribution in [2.75, 3.05) is 14.1 Å². The van der Waals surface area contributed by atoms with E-state index in [1.807, 2.05) is 0 Å². The molecule has 0 saturated carbocycles. The molecule has 1 amide bonds. The van der Waals surface area contributed by atoms with Crippen LogP contribution in [0.4, 0.5) is 0 Å². The lowest BCUT2D eigenvalue weighted by atomic mass is 10.1. The highest BCUT2D eigenvalue weighted by atomic mass is 32.2. The molecule has 3 aromatic rings. The number of sulfonamides is 1. The summed E-state index contributed by atoms with van der Waals surface area (Å²) in [5.74, 6) is -0.385. The maximum absolute atomic E-state index is 12.8. The lowest BCUT2D eigenvalue weighted by Gasteiger charge is -2.11. The molecule has 29 heavy (non-hydrogen) atoms. The molecule has 0 radical (unpaired) electrons. The summed E-state index contributed by atoms with van der Waals surface area (Å²) < 4.78 is 28.7. The third-order valence-corrected chi connectivity index (χ3v) is 7.70. The number of benzene rings is 2. The van der Waals surface area contributed by atoms with Crippen LogP contribution in [0.3, 0.4) is 0 Å². The number of carbonyl (C=O) groups excluding carboxylic acids is 1. The molecule has 0 N–H and O–H groups in total. The van der Waals surface area contributed by atoms with Crippen LogP contribution < -0.4 is 4.80 Å². The van der Waals surface area contributed by atoms with Gasteiger partial charge in [-0.25, -0.2) is 12.7 Å². The van der Waals surface area contributed by atoms with Crippen LogP contribution >= 0.6 is 11.3 Å². The van der Waals surface area contributed by atoms with E-state index in [2.05, 4.69) is 42.5 Å². The fourth-order valence-electron chi connectivity index (χ4n) is 3.17. The van der Waals surface area contributed by atoms with Gasteiger partial charge in [-0.05, 0) is 61.7 Å². The summed E-state index contributed by atoms with van der Waals surface area (Å²) in [5.41, 5.74) is 3.79. The summed E-state index contributed by atoms with van der Waals surface area (Å²) in [4.78, 5) is 17.9. The summed E-state index contributed by atoms with van der Waals surface area (Å²) >= 11 is 1.51. The van der Waals surface area contributed by atoms with Gasteiger partial charge in [-0.2, -0.15) is 4.99 Å². The smallest absolute Gasteiger partial charge is 0.279 e. The highest BCUT2D eigenvalue weighted by Crippen LogP contribution is 2.24. The second-order valence-electron chi connectivity index (χ2n) is 7.20. The van der Waals surface area contributed by atoms with Gasteiger partial charge >= 0.3 is 0 Å². The van der Waals surface area contributed by atoms with E-state index in [9.17, 15) is 13.2 Å². The maximum atomic E-state index is 12.8. The summed E-state index contributed by atoms with van der Waals surface area (Å²) in [5, 5.41) is 0. The molecule has 8 heteroatoms. The lowest BCUT2D eigenvalue weighted by molar-refractivity contribution is 0.0997. The van der Waals surface area contributed by atoms with E-state index in [1.54, 1.807) is 0 Å². The standard InChI is InChI=1S/C21H25N3O3S2/c1-6-11-24-18-13-14(2)12-15(3)19(18)28-21(24)22-20(25)16-7-9-17(10-8-16)29(26,27)23(4)5/h7-10,12-13H,6,11H2,1-5H3. The van der Waals surface area contributed by atoms with Gasteiger partial charge < -0.3 is 4.57 Å². The number of aromatic nitrogens is 1. The number of carbonyl (C=O) groups is 1. The van der Waals surface area contributed by atoms with Crippen LogP contribution in [0, 0.1) is 13.8 Å². The van der Waals surface area contributed by atoms with Gasteiger partial charge in [0.15, 0.2) is 4.80 Å². The van der Waals surface area contributed by atoms with E-state index in [1.165, 1.54) is 60.8 Å². The third kappa shape index (κ3) is 4.19. The zero-order valence-corrected chi connectivity index (χ0v) is 18.9. The maximum Gasteiger partial charge on any atom is 0.279 e. The Morgan fingerprint density at radius 1 is 1.14 bits per heavy atom. The fraction of sp³-hybridized carbons (Fsp3) is 0.333. The Morgan fingerprint density at radius 2 is 1.79 bits per heavy atom. The van der Waals surface area contributed by atoms with Crippen LogP contribution in [0.15, 0.2) is 46.3 Å². The number of amides is 1. The van der Waals surface area contributed by atoms with Crippen molar-refractivity contribution in [1.82, 2.24) is 8.87 Å². The minimum Gasteiger partial charge on any atom is -0.316 e. The Kier molecular flexibility index (Phi) is 6.07. The number of aryl methyl sites for hydroxylation is 3. The largest absolute Gasteiger partial charge is 0.316 e. The van der Waals surface area contributed by atoms with E-state index >= 15 is 0 Å². The Labute approximate surface area is 175 Å². The van der Waals surface area contributed by atoms with Gasteiger partial charge in [-0.1, -0.05) is 24.3 Å². The average Bonchev–Trinajstić information content (AvgIpc) is 3.00. The molecule has 0 atom stereocenters. The first-order chi connectivity index (χ1) is 13.6. The Morgan fingerprint density at radius 3 is 2.38 bits per heavy atom. The highest BCUT2D eigenvalue weighted by molar-refractivity contribution is 7.89. The molecule has 0 unspecified atom stereocenters. The molecular formula is C21H25N3O3S2. The van der Waals surface area contributed by atoms with Crippen LogP contribution in [0.1, 0.15) is 34.8 Å². The van der Waals surface area contributed by atoms with Crippen LogP contribution in [0.5, 0.6) is 0 Å². The number of hydrogen-bond donors (Lipinski definition) is 0. The molecule has 0 bridgehead atoms. The second kappa shape index (κ2) is 8.22. The van der Waals surface area contributed by atoms with Crippen molar-refractivity contribution in [1.29, 1.82) is 0 Å². The quantitative estimate of drug-likeness (QED) is 0.618. The molecule has 1 heterocycles. The minimum absolute atomic E-state index is 0.146. The first-order valence-electron chi connectivity index (χ1n) is 9.37. The van der Waals surface area contributed by atoms with E-state index in [0.717, 1.165) is 27.5 Å². The van der Waals surface area contributed by atoms with Crippen LogP contribution in [0.25, 0.3) is 10.2 Å². The molecule has 0 aliphatic carbocycles. The van der Waals surface area contributed by atoms with Gasteiger partial charge in [0.25, 0.3) is 5.91 Å². The van der Waals surface area contributed by atoms with E-state index in [0.29, 0.717) is 10.4 Å². The molecule has 0 aliphatic rings. The molecule has 3 rings (SSSR count). The first kappa shape index (κ1) is 21.4. The van der Waals surface area contributed by atoms with Gasteiger partial charge in [0.1, 0.15) is 0 Å². The van der Waals surface area contributed by atoms with Crippen LogP contribution in [-0.4, -0.2) is 37.3 Å².